The second-order valence-corrected chi connectivity index (χ2v) is 5.84. The van der Waals surface area contributed by atoms with Crippen molar-refractivity contribution in [2.24, 2.45) is 0 Å². The molecule has 1 aliphatic rings. The van der Waals surface area contributed by atoms with Gasteiger partial charge < -0.3 is 4.74 Å². The summed E-state index contributed by atoms with van der Waals surface area (Å²) in [6.07, 6.45) is -0.425. The zero-order chi connectivity index (χ0) is 13.5. The third-order valence-electron chi connectivity index (χ3n) is 2.70. The van der Waals surface area contributed by atoms with E-state index in [-0.39, 0.29) is 12.4 Å². The van der Waals surface area contributed by atoms with Crippen molar-refractivity contribution >= 4 is 18.7 Å². The van der Waals surface area contributed by atoms with E-state index in [0.717, 1.165) is 5.56 Å². The first-order valence-electron chi connectivity index (χ1n) is 5.75. The lowest BCUT2D eigenvalue weighted by Gasteiger charge is -2.24. The number of benzene rings is 1. The number of nitrogens with zero attached hydrogens (tertiary/aromatic N) is 1. The summed E-state index contributed by atoms with van der Waals surface area (Å²) >= 11 is 4.28. The molecule has 3 nitrogen and oxygen atoms in total. The van der Waals surface area contributed by atoms with E-state index < -0.39 is 11.7 Å². The van der Waals surface area contributed by atoms with Crippen LogP contribution < -0.4 is 0 Å². The van der Waals surface area contributed by atoms with Crippen LogP contribution in [0, 0.1) is 5.82 Å². The van der Waals surface area contributed by atoms with E-state index >= 15 is 0 Å². The molecule has 0 saturated heterocycles. The molecule has 0 saturated carbocycles. The molecule has 2 rings (SSSR count). The van der Waals surface area contributed by atoms with Crippen LogP contribution in [0.25, 0.3) is 0 Å². The van der Waals surface area contributed by atoms with Gasteiger partial charge in [-0.2, -0.15) is 0 Å². The molecule has 0 radical (unpaired) electrons. The predicted molar refractivity (Wildman–Crippen MR) is 69.1 cm³/mol. The SMILES string of the molecule is CC(C)(C)OC(=O)N1Cc2c(F)ccc(S)c2C1. The molecule has 0 aromatic heterocycles. The molecule has 1 amide bonds. The Morgan fingerprint density at radius 1 is 1.33 bits per heavy atom. The number of hydrogen-bond acceptors (Lipinski definition) is 3. The summed E-state index contributed by atoms with van der Waals surface area (Å²) in [5.74, 6) is -0.297. The van der Waals surface area contributed by atoms with Crippen LogP contribution in [-0.2, 0) is 17.8 Å². The van der Waals surface area contributed by atoms with Crippen molar-refractivity contribution < 1.29 is 13.9 Å². The van der Waals surface area contributed by atoms with Gasteiger partial charge in [0, 0.05) is 10.5 Å². The number of halogens is 1. The highest BCUT2D eigenvalue weighted by Gasteiger charge is 2.30. The van der Waals surface area contributed by atoms with Crippen LogP contribution >= 0.6 is 12.6 Å². The average Bonchev–Trinajstić information content (AvgIpc) is 2.67. The summed E-state index contributed by atoms with van der Waals surface area (Å²) in [4.78, 5) is 14.1. The van der Waals surface area contributed by atoms with Gasteiger partial charge in [0.2, 0.25) is 0 Å². The van der Waals surface area contributed by atoms with Crippen molar-refractivity contribution in [2.75, 3.05) is 0 Å². The van der Waals surface area contributed by atoms with Crippen LogP contribution in [0.1, 0.15) is 31.9 Å². The van der Waals surface area contributed by atoms with Gasteiger partial charge in [0.15, 0.2) is 0 Å². The number of amides is 1. The summed E-state index contributed by atoms with van der Waals surface area (Å²) in [6.45, 7) is 6.00. The van der Waals surface area contributed by atoms with Crippen molar-refractivity contribution in [1.29, 1.82) is 0 Å². The molecule has 0 fully saturated rings. The Labute approximate surface area is 111 Å². The number of rotatable bonds is 0. The second-order valence-electron chi connectivity index (χ2n) is 5.36. The first kappa shape index (κ1) is 13.2. The van der Waals surface area contributed by atoms with E-state index in [9.17, 15) is 9.18 Å². The van der Waals surface area contributed by atoms with Gasteiger partial charge in [0.1, 0.15) is 11.4 Å². The maximum atomic E-state index is 13.6. The summed E-state index contributed by atoms with van der Waals surface area (Å²) < 4.78 is 18.9. The number of carbonyl (C=O) groups excluding carboxylic acids is 1. The zero-order valence-electron chi connectivity index (χ0n) is 10.7. The van der Waals surface area contributed by atoms with Crippen LogP contribution in [0.3, 0.4) is 0 Å². The number of carbonyl (C=O) groups is 1. The molecule has 98 valence electrons. The maximum absolute atomic E-state index is 13.6. The molecule has 0 unspecified atom stereocenters. The third kappa shape index (κ3) is 2.61. The monoisotopic (exact) mass is 269 g/mol. The molecular formula is C13H16FNO2S. The number of thiol groups is 1. The largest absolute Gasteiger partial charge is 0.444 e. The summed E-state index contributed by atoms with van der Waals surface area (Å²) in [7, 11) is 0. The molecule has 0 atom stereocenters. The van der Waals surface area contributed by atoms with Gasteiger partial charge in [-0.3, -0.25) is 4.90 Å². The predicted octanol–water partition coefficient (Wildman–Crippen LogP) is 3.37. The lowest BCUT2D eigenvalue weighted by atomic mass is 10.1. The van der Waals surface area contributed by atoms with Crippen molar-refractivity contribution in [3.05, 3.63) is 29.1 Å². The Kier molecular flexibility index (Phi) is 3.27. The molecular weight excluding hydrogens is 253 g/mol. The molecule has 0 N–H and O–H groups in total. The van der Waals surface area contributed by atoms with Gasteiger partial charge in [-0.25, -0.2) is 9.18 Å². The molecule has 0 aliphatic carbocycles. The van der Waals surface area contributed by atoms with Gasteiger partial charge in [0.05, 0.1) is 13.1 Å². The van der Waals surface area contributed by atoms with Crippen molar-refractivity contribution in [3.8, 4) is 0 Å². The molecule has 18 heavy (non-hydrogen) atoms. The van der Waals surface area contributed by atoms with Crippen LogP contribution in [0.15, 0.2) is 17.0 Å². The maximum Gasteiger partial charge on any atom is 0.410 e. The topological polar surface area (TPSA) is 29.5 Å². The lowest BCUT2D eigenvalue weighted by Crippen LogP contribution is -2.33. The Bertz CT molecular complexity index is 465. The fraction of sp³-hybridized carbons (Fsp3) is 0.462. The lowest BCUT2D eigenvalue weighted by molar-refractivity contribution is 0.0240. The zero-order valence-corrected chi connectivity index (χ0v) is 11.6. The van der Waals surface area contributed by atoms with Crippen molar-refractivity contribution in [1.82, 2.24) is 4.90 Å². The quantitative estimate of drug-likeness (QED) is 0.732. The van der Waals surface area contributed by atoms with E-state index in [2.05, 4.69) is 12.6 Å². The van der Waals surface area contributed by atoms with Crippen LogP contribution in [0.5, 0.6) is 0 Å². The number of hydrogen-bond donors (Lipinski definition) is 1. The summed E-state index contributed by atoms with van der Waals surface area (Å²) in [5, 5.41) is 0. The first-order valence-corrected chi connectivity index (χ1v) is 6.20. The van der Waals surface area contributed by atoms with Crippen LogP contribution in [0.4, 0.5) is 9.18 Å². The Morgan fingerprint density at radius 2 is 1.94 bits per heavy atom. The molecule has 1 heterocycles. The minimum absolute atomic E-state index is 0.241. The standard InChI is InChI=1S/C13H16FNO2S/c1-13(2,3)17-12(16)15-6-8-9(7-15)11(18)5-4-10(8)14/h4-5,18H,6-7H2,1-3H3. The molecule has 5 heteroatoms. The minimum Gasteiger partial charge on any atom is -0.444 e. The number of ether oxygens (including phenoxy) is 1. The van der Waals surface area contributed by atoms with Gasteiger partial charge in [-0.15, -0.1) is 12.6 Å². The van der Waals surface area contributed by atoms with Crippen LogP contribution in [-0.4, -0.2) is 16.6 Å². The van der Waals surface area contributed by atoms with Gasteiger partial charge >= 0.3 is 6.09 Å². The number of fused-ring (bicyclic) bond motifs is 1. The minimum atomic E-state index is -0.547. The third-order valence-corrected chi connectivity index (χ3v) is 3.12. The van der Waals surface area contributed by atoms with Gasteiger partial charge in [-0.05, 0) is 38.5 Å². The Hall–Kier alpha value is -1.23. The average molecular weight is 269 g/mol. The van der Waals surface area contributed by atoms with E-state index in [4.69, 9.17) is 4.74 Å². The van der Waals surface area contributed by atoms with E-state index in [1.807, 2.05) is 0 Å². The van der Waals surface area contributed by atoms with Crippen molar-refractivity contribution in [3.63, 3.8) is 0 Å². The molecule has 1 aromatic rings. The van der Waals surface area contributed by atoms with E-state index in [1.54, 1.807) is 26.8 Å². The Morgan fingerprint density at radius 3 is 2.50 bits per heavy atom. The van der Waals surface area contributed by atoms with Gasteiger partial charge in [-0.1, -0.05) is 0 Å². The van der Waals surface area contributed by atoms with E-state index in [1.165, 1.54) is 11.0 Å². The molecule has 1 aliphatic heterocycles. The first-order chi connectivity index (χ1) is 8.28. The molecule has 0 bridgehead atoms. The summed E-state index contributed by atoms with van der Waals surface area (Å²) in [6, 6.07) is 2.98. The van der Waals surface area contributed by atoms with Crippen molar-refractivity contribution in [2.45, 2.75) is 44.4 Å². The molecule has 0 spiro atoms. The van der Waals surface area contributed by atoms with Crippen LogP contribution in [0.2, 0.25) is 0 Å². The summed E-state index contributed by atoms with van der Waals surface area (Å²) in [5.41, 5.74) is 0.756. The highest BCUT2D eigenvalue weighted by Crippen LogP contribution is 2.31. The highest BCUT2D eigenvalue weighted by molar-refractivity contribution is 7.80. The molecule has 1 aromatic carbocycles. The highest BCUT2D eigenvalue weighted by atomic mass is 32.1. The fourth-order valence-corrected chi connectivity index (χ4v) is 2.17. The Balaban J connectivity index is 2.18. The smallest absolute Gasteiger partial charge is 0.410 e. The fourth-order valence-electron chi connectivity index (χ4n) is 1.89. The second kappa shape index (κ2) is 4.46. The van der Waals surface area contributed by atoms with Gasteiger partial charge in [0.25, 0.3) is 0 Å². The normalized spacial score (nSPS) is 14.6. The van der Waals surface area contributed by atoms with E-state index in [0.29, 0.717) is 17.0 Å².